The van der Waals surface area contributed by atoms with Crippen LogP contribution in [0.15, 0.2) is 66.7 Å². The van der Waals surface area contributed by atoms with Crippen molar-refractivity contribution in [2.75, 3.05) is 13.7 Å². The number of ether oxygens (including phenoxy) is 1. The van der Waals surface area contributed by atoms with Crippen LogP contribution in [0.4, 0.5) is 4.39 Å². The van der Waals surface area contributed by atoms with E-state index < -0.39 is 5.97 Å². The van der Waals surface area contributed by atoms with E-state index in [4.69, 9.17) is 4.74 Å². The number of rotatable bonds is 9. The van der Waals surface area contributed by atoms with Crippen molar-refractivity contribution in [1.82, 2.24) is 9.88 Å². The summed E-state index contributed by atoms with van der Waals surface area (Å²) in [6, 6.07) is 20.2. The number of carboxylic acid groups (broad SMARTS) is 1. The summed E-state index contributed by atoms with van der Waals surface area (Å²) in [4.78, 5) is 12.4. The molecule has 3 aromatic carbocycles. The van der Waals surface area contributed by atoms with Gasteiger partial charge in [0, 0.05) is 29.1 Å². The van der Waals surface area contributed by atoms with Crippen molar-refractivity contribution in [3.63, 3.8) is 0 Å². The molecule has 0 saturated heterocycles. The van der Waals surface area contributed by atoms with Crippen LogP contribution in [0.3, 0.4) is 0 Å². The minimum absolute atomic E-state index is 0.112. The molecule has 0 radical (unpaired) electrons. The molecule has 0 amide bonds. The van der Waals surface area contributed by atoms with Crippen LogP contribution < -0.4 is 10.1 Å². The van der Waals surface area contributed by atoms with Crippen molar-refractivity contribution in [1.29, 1.82) is 0 Å². The SMILES string of the molecule is COc1ccc2c(CNCCc3ccccc3C)c(C(=O)O)n(Cc3ccccc3F)c2c1. The van der Waals surface area contributed by atoms with Crippen molar-refractivity contribution in [3.8, 4) is 5.75 Å². The van der Waals surface area contributed by atoms with Crippen molar-refractivity contribution in [2.45, 2.75) is 26.4 Å². The lowest BCUT2D eigenvalue weighted by molar-refractivity contribution is 0.0684. The number of carbonyl (C=O) groups is 1. The largest absolute Gasteiger partial charge is 0.497 e. The smallest absolute Gasteiger partial charge is 0.352 e. The third kappa shape index (κ3) is 4.76. The van der Waals surface area contributed by atoms with Crippen LogP contribution in [0.1, 0.15) is 32.7 Å². The Labute approximate surface area is 192 Å². The Bertz CT molecular complexity index is 1300. The normalized spacial score (nSPS) is 11.1. The highest BCUT2D eigenvalue weighted by Gasteiger charge is 2.23. The van der Waals surface area contributed by atoms with Crippen LogP contribution in [-0.4, -0.2) is 29.3 Å². The topological polar surface area (TPSA) is 63.5 Å². The molecule has 0 atom stereocenters. The number of aryl methyl sites for hydroxylation is 1. The molecule has 2 N–H and O–H groups in total. The molecule has 33 heavy (non-hydrogen) atoms. The second kappa shape index (κ2) is 9.88. The number of carboxylic acids is 1. The van der Waals surface area contributed by atoms with E-state index in [0.29, 0.717) is 35.5 Å². The highest BCUT2D eigenvalue weighted by Crippen LogP contribution is 2.31. The fourth-order valence-corrected chi connectivity index (χ4v) is 4.24. The first-order valence-electron chi connectivity index (χ1n) is 10.9. The van der Waals surface area contributed by atoms with Crippen LogP contribution in [0, 0.1) is 12.7 Å². The van der Waals surface area contributed by atoms with Gasteiger partial charge in [0.1, 0.15) is 17.3 Å². The standard InChI is InChI=1S/C27H27FN2O3/c1-18-7-3-4-8-19(18)13-14-29-16-23-22-12-11-21(33-2)15-25(22)30(26(23)27(31)32)17-20-9-5-6-10-24(20)28/h3-12,15,29H,13-14,16-17H2,1-2H3,(H,31,32). The van der Waals surface area contributed by atoms with Crippen LogP contribution in [0.2, 0.25) is 0 Å². The maximum atomic E-state index is 14.4. The molecule has 5 nitrogen and oxygen atoms in total. The van der Waals surface area contributed by atoms with Gasteiger partial charge in [-0.25, -0.2) is 9.18 Å². The molecule has 0 unspecified atom stereocenters. The van der Waals surface area contributed by atoms with E-state index in [1.165, 1.54) is 17.2 Å². The molecule has 0 fully saturated rings. The van der Waals surface area contributed by atoms with Gasteiger partial charge in [-0.2, -0.15) is 0 Å². The van der Waals surface area contributed by atoms with E-state index in [0.717, 1.165) is 11.8 Å². The van der Waals surface area contributed by atoms with Crippen molar-refractivity contribution < 1.29 is 19.0 Å². The number of nitrogens with zero attached hydrogens (tertiary/aromatic N) is 1. The molecular formula is C27H27FN2O3. The summed E-state index contributed by atoms with van der Waals surface area (Å²) >= 11 is 0. The van der Waals surface area contributed by atoms with E-state index in [-0.39, 0.29) is 18.1 Å². The first-order valence-corrected chi connectivity index (χ1v) is 10.9. The van der Waals surface area contributed by atoms with Gasteiger partial charge in [0.15, 0.2) is 0 Å². The van der Waals surface area contributed by atoms with Gasteiger partial charge in [0.2, 0.25) is 0 Å². The molecule has 4 aromatic rings. The van der Waals surface area contributed by atoms with Gasteiger partial charge in [0.25, 0.3) is 0 Å². The Morgan fingerprint density at radius 3 is 2.48 bits per heavy atom. The van der Waals surface area contributed by atoms with Gasteiger partial charge in [-0.3, -0.25) is 0 Å². The van der Waals surface area contributed by atoms with Gasteiger partial charge >= 0.3 is 5.97 Å². The lowest BCUT2D eigenvalue weighted by Crippen LogP contribution is -2.20. The van der Waals surface area contributed by atoms with Crippen molar-refractivity contribution in [3.05, 3.63) is 100 Å². The third-order valence-electron chi connectivity index (χ3n) is 6.00. The first-order chi connectivity index (χ1) is 16.0. The predicted octanol–water partition coefficient (Wildman–Crippen LogP) is 5.18. The molecule has 0 bridgehead atoms. The molecule has 1 heterocycles. The zero-order valence-electron chi connectivity index (χ0n) is 18.8. The molecule has 0 aliphatic carbocycles. The molecule has 170 valence electrons. The molecule has 1 aromatic heterocycles. The number of methoxy groups -OCH3 is 1. The molecule has 0 aliphatic heterocycles. The third-order valence-corrected chi connectivity index (χ3v) is 6.00. The summed E-state index contributed by atoms with van der Waals surface area (Å²) in [7, 11) is 1.57. The average Bonchev–Trinajstić information content (AvgIpc) is 3.12. The minimum atomic E-state index is -1.04. The Kier molecular flexibility index (Phi) is 6.75. The molecular weight excluding hydrogens is 419 g/mol. The number of benzene rings is 3. The number of nitrogens with one attached hydrogen (secondary N) is 1. The Morgan fingerprint density at radius 1 is 1.06 bits per heavy atom. The fraction of sp³-hybridized carbons (Fsp3) is 0.222. The van der Waals surface area contributed by atoms with E-state index in [1.54, 1.807) is 35.9 Å². The van der Waals surface area contributed by atoms with E-state index in [1.807, 2.05) is 24.3 Å². The fourth-order valence-electron chi connectivity index (χ4n) is 4.24. The van der Waals surface area contributed by atoms with Crippen LogP contribution >= 0.6 is 0 Å². The van der Waals surface area contributed by atoms with Crippen molar-refractivity contribution in [2.24, 2.45) is 0 Å². The second-order valence-corrected chi connectivity index (χ2v) is 8.05. The summed E-state index contributed by atoms with van der Waals surface area (Å²) in [5, 5.41) is 14.3. The lowest BCUT2D eigenvalue weighted by Gasteiger charge is -2.11. The first kappa shape index (κ1) is 22.6. The Morgan fingerprint density at radius 2 is 1.79 bits per heavy atom. The Hall–Kier alpha value is -3.64. The molecule has 4 rings (SSSR count). The minimum Gasteiger partial charge on any atom is -0.497 e. The summed E-state index contributed by atoms with van der Waals surface area (Å²) < 4.78 is 21.4. The van der Waals surface area contributed by atoms with Crippen molar-refractivity contribution >= 4 is 16.9 Å². The van der Waals surface area contributed by atoms with E-state index in [2.05, 4.69) is 24.4 Å². The maximum Gasteiger partial charge on any atom is 0.352 e. The predicted molar refractivity (Wildman–Crippen MR) is 128 cm³/mol. The van der Waals surface area contributed by atoms with Crippen LogP contribution in [0.25, 0.3) is 10.9 Å². The number of fused-ring (bicyclic) bond motifs is 1. The zero-order chi connectivity index (χ0) is 23.4. The monoisotopic (exact) mass is 446 g/mol. The van der Waals surface area contributed by atoms with Crippen LogP contribution in [0.5, 0.6) is 5.75 Å². The number of hydrogen-bond donors (Lipinski definition) is 2. The van der Waals surface area contributed by atoms with Gasteiger partial charge in [0.05, 0.1) is 19.2 Å². The quantitative estimate of drug-likeness (QED) is 0.348. The number of hydrogen-bond acceptors (Lipinski definition) is 3. The van der Waals surface area contributed by atoms with Gasteiger partial charge < -0.3 is 19.7 Å². The van der Waals surface area contributed by atoms with Gasteiger partial charge in [-0.1, -0.05) is 42.5 Å². The van der Waals surface area contributed by atoms with E-state index >= 15 is 0 Å². The second-order valence-electron chi connectivity index (χ2n) is 8.05. The van der Waals surface area contributed by atoms with Crippen LogP contribution in [-0.2, 0) is 19.5 Å². The van der Waals surface area contributed by atoms with Gasteiger partial charge in [-0.15, -0.1) is 0 Å². The average molecular weight is 447 g/mol. The lowest BCUT2D eigenvalue weighted by atomic mass is 10.1. The number of aromatic carboxylic acids is 1. The maximum absolute atomic E-state index is 14.4. The molecule has 0 saturated carbocycles. The van der Waals surface area contributed by atoms with Gasteiger partial charge in [-0.05, 0) is 49.2 Å². The molecule has 0 aliphatic rings. The summed E-state index contributed by atoms with van der Waals surface area (Å²) in [6.45, 7) is 3.30. The number of aromatic nitrogens is 1. The molecule has 6 heteroatoms. The summed E-state index contributed by atoms with van der Waals surface area (Å²) in [5.41, 5.74) is 4.46. The molecule has 0 spiro atoms. The Balaban J connectivity index is 1.69. The zero-order valence-corrected chi connectivity index (χ0v) is 18.8. The highest BCUT2D eigenvalue weighted by molar-refractivity contribution is 5.98. The number of halogens is 1. The highest BCUT2D eigenvalue weighted by atomic mass is 19.1. The summed E-state index contributed by atoms with van der Waals surface area (Å²) in [6.07, 6.45) is 0.844. The summed E-state index contributed by atoms with van der Waals surface area (Å²) in [5.74, 6) is -0.792. The van der Waals surface area contributed by atoms with E-state index in [9.17, 15) is 14.3 Å².